The van der Waals surface area contributed by atoms with Gasteiger partial charge in [-0.15, -0.1) is 0 Å². The van der Waals surface area contributed by atoms with Crippen LogP contribution < -0.4 is 10.3 Å². The van der Waals surface area contributed by atoms with Gasteiger partial charge in [-0.1, -0.05) is 11.6 Å². The first-order chi connectivity index (χ1) is 12.2. The standard InChI is InChI=1S/C20H17ClN2O2/c21-14-7-11-16(12-8-14)25-15-9-5-13(6-10-15)19-17-3-1-2-4-18(17)20(24)23-22-19/h5-12H,1-4H2,(H,23,24). The number of nitrogens with one attached hydrogen (secondary N) is 1. The topological polar surface area (TPSA) is 55.0 Å². The molecule has 5 heteroatoms. The van der Waals surface area contributed by atoms with Crippen LogP contribution >= 0.6 is 11.6 Å². The average molecular weight is 353 g/mol. The van der Waals surface area contributed by atoms with Gasteiger partial charge in [0, 0.05) is 16.1 Å². The van der Waals surface area contributed by atoms with Gasteiger partial charge in [0.15, 0.2) is 0 Å². The molecule has 1 N–H and O–H groups in total. The quantitative estimate of drug-likeness (QED) is 0.739. The Balaban J connectivity index is 1.62. The predicted molar refractivity (Wildman–Crippen MR) is 98.5 cm³/mol. The Kier molecular flexibility index (Phi) is 4.28. The lowest BCUT2D eigenvalue weighted by atomic mass is 9.90. The third-order valence-electron chi connectivity index (χ3n) is 4.47. The molecule has 1 aliphatic carbocycles. The van der Waals surface area contributed by atoms with Crippen molar-refractivity contribution in [1.29, 1.82) is 0 Å². The molecule has 0 unspecified atom stereocenters. The molecule has 3 aromatic rings. The van der Waals surface area contributed by atoms with Crippen molar-refractivity contribution in [3.63, 3.8) is 0 Å². The first kappa shape index (κ1) is 15.9. The lowest BCUT2D eigenvalue weighted by Crippen LogP contribution is -2.21. The van der Waals surface area contributed by atoms with Crippen LogP contribution in [0.4, 0.5) is 0 Å². The summed E-state index contributed by atoms with van der Waals surface area (Å²) in [5, 5.41) is 7.61. The summed E-state index contributed by atoms with van der Waals surface area (Å²) < 4.78 is 5.82. The number of fused-ring (bicyclic) bond motifs is 1. The molecule has 4 rings (SSSR count). The zero-order valence-corrected chi connectivity index (χ0v) is 14.3. The SMILES string of the molecule is O=c1[nH]nc(-c2ccc(Oc3ccc(Cl)cc3)cc2)c2c1CCCC2. The number of hydrogen-bond donors (Lipinski definition) is 1. The van der Waals surface area contributed by atoms with Gasteiger partial charge in [-0.3, -0.25) is 4.79 Å². The van der Waals surface area contributed by atoms with Crippen molar-refractivity contribution >= 4 is 11.6 Å². The highest BCUT2D eigenvalue weighted by molar-refractivity contribution is 6.30. The van der Waals surface area contributed by atoms with Crippen molar-refractivity contribution in [2.45, 2.75) is 25.7 Å². The Morgan fingerprint density at radius 2 is 1.48 bits per heavy atom. The molecule has 0 spiro atoms. The molecule has 1 aromatic heterocycles. The van der Waals surface area contributed by atoms with Crippen molar-refractivity contribution < 1.29 is 4.74 Å². The van der Waals surface area contributed by atoms with Crippen LogP contribution in [0.15, 0.2) is 53.3 Å². The molecule has 1 aliphatic rings. The Bertz CT molecular complexity index is 947. The lowest BCUT2D eigenvalue weighted by Gasteiger charge is -2.17. The molecule has 0 saturated carbocycles. The van der Waals surface area contributed by atoms with E-state index in [2.05, 4.69) is 10.2 Å². The highest BCUT2D eigenvalue weighted by Crippen LogP contribution is 2.30. The highest BCUT2D eigenvalue weighted by Gasteiger charge is 2.18. The van der Waals surface area contributed by atoms with Gasteiger partial charge in [0.25, 0.3) is 5.56 Å². The summed E-state index contributed by atoms with van der Waals surface area (Å²) >= 11 is 5.88. The minimum atomic E-state index is -0.0545. The van der Waals surface area contributed by atoms with Gasteiger partial charge in [-0.25, -0.2) is 5.10 Å². The molecule has 1 heterocycles. The van der Waals surface area contributed by atoms with Crippen molar-refractivity contribution in [1.82, 2.24) is 10.2 Å². The Hall–Kier alpha value is -2.59. The molecular weight excluding hydrogens is 336 g/mol. The molecule has 0 fully saturated rings. The van der Waals surface area contributed by atoms with Crippen molar-refractivity contribution in [2.24, 2.45) is 0 Å². The molecule has 0 amide bonds. The fourth-order valence-electron chi connectivity index (χ4n) is 3.22. The number of aromatic amines is 1. The van der Waals surface area contributed by atoms with E-state index in [-0.39, 0.29) is 5.56 Å². The minimum Gasteiger partial charge on any atom is -0.457 e. The van der Waals surface area contributed by atoms with Crippen molar-refractivity contribution in [3.8, 4) is 22.8 Å². The molecule has 0 bridgehead atoms. The van der Waals surface area contributed by atoms with E-state index in [1.807, 2.05) is 36.4 Å². The number of hydrogen-bond acceptors (Lipinski definition) is 3. The van der Waals surface area contributed by atoms with Crippen LogP contribution in [0.3, 0.4) is 0 Å². The van der Waals surface area contributed by atoms with Gasteiger partial charge < -0.3 is 4.74 Å². The zero-order chi connectivity index (χ0) is 17.2. The Morgan fingerprint density at radius 3 is 2.16 bits per heavy atom. The van der Waals surface area contributed by atoms with Crippen LogP contribution in [-0.2, 0) is 12.8 Å². The Labute approximate surface area is 150 Å². The molecule has 4 nitrogen and oxygen atoms in total. The van der Waals surface area contributed by atoms with E-state index in [1.54, 1.807) is 12.1 Å². The first-order valence-corrected chi connectivity index (χ1v) is 8.73. The molecule has 0 atom stereocenters. The van der Waals surface area contributed by atoms with Gasteiger partial charge in [0.2, 0.25) is 0 Å². The first-order valence-electron chi connectivity index (χ1n) is 8.35. The summed E-state index contributed by atoms with van der Waals surface area (Å²) in [4.78, 5) is 12.0. The van der Waals surface area contributed by atoms with E-state index in [4.69, 9.17) is 16.3 Å². The van der Waals surface area contributed by atoms with E-state index < -0.39 is 0 Å². The molecular formula is C20H17ClN2O2. The molecule has 0 aliphatic heterocycles. The van der Waals surface area contributed by atoms with E-state index in [1.165, 1.54) is 0 Å². The maximum absolute atomic E-state index is 12.0. The van der Waals surface area contributed by atoms with E-state index >= 15 is 0 Å². The van der Waals surface area contributed by atoms with E-state index in [0.717, 1.165) is 59.6 Å². The normalized spacial score (nSPS) is 13.3. The minimum absolute atomic E-state index is 0.0545. The van der Waals surface area contributed by atoms with Crippen molar-refractivity contribution in [2.75, 3.05) is 0 Å². The van der Waals surface area contributed by atoms with Gasteiger partial charge in [0.1, 0.15) is 11.5 Å². The summed E-state index contributed by atoms with van der Waals surface area (Å²) in [7, 11) is 0. The molecule has 126 valence electrons. The number of H-pyrrole nitrogens is 1. The third-order valence-corrected chi connectivity index (χ3v) is 4.73. The van der Waals surface area contributed by atoms with E-state index in [0.29, 0.717) is 5.02 Å². The lowest BCUT2D eigenvalue weighted by molar-refractivity contribution is 0.483. The van der Waals surface area contributed by atoms with Gasteiger partial charge in [-0.2, -0.15) is 5.10 Å². The second-order valence-electron chi connectivity index (χ2n) is 6.15. The number of nitrogens with zero attached hydrogens (tertiary/aromatic N) is 1. The number of rotatable bonds is 3. The Morgan fingerprint density at radius 1 is 0.880 bits per heavy atom. The smallest absolute Gasteiger partial charge is 0.267 e. The maximum atomic E-state index is 12.0. The second-order valence-corrected chi connectivity index (χ2v) is 6.58. The van der Waals surface area contributed by atoms with Crippen LogP contribution in [0.25, 0.3) is 11.3 Å². The predicted octanol–water partition coefficient (Wildman–Crippen LogP) is 4.76. The van der Waals surface area contributed by atoms with Crippen LogP contribution in [0.1, 0.15) is 24.0 Å². The zero-order valence-electron chi connectivity index (χ0n) is 13.6. The number of ether oxygens (including phenoxy) is 1. The monoisotopic (exact) mass is 352 g/mol. The van der Waals surface area contributed by atoms with Gasteiger partial charge in [-0.05, 0) is 79.8 Å². The largest absolute Gasteiger partial charge is 0.457 e. The van der Waals surface area contributed by atoms with Crippen LogP contribution in [0.2, 0.25) is 5.02 Å². The average Bonchev–Trinajstić information content (AvgIpc) is 2.65. The van der Waals surface area contributed by atoms with E-state index in [9.17, 15) is 4.79 Å². The second kappa shape index (κ2) is 6.73. The molecule has 2 aromatic carbocycles. The summed E-state index contributed by atoms with van der Waals surface area (Å²) in [6.45, 7) is 0. The van der Waals surface area contributed by atoms with Crippen molar-refractivity contribution in [3.05, 3.63) is 75.0 Å². The maximum Gasteiger partial charge on any atom is 0.267 e. The highest BCUT2D eigenvalue weighted by atomic mass is 35.5. The number of halogens is 1. The summed E-state index contributed by atoms with van der Waals surface area (Å²) in [6, 6.07) is 15.0. The molecule has 25 heavy (non-hydrogen) atoms. The van der Waals surface area contributed by atoms with Gasteiger partial charge >= 0.3 is 0 Å². The van der Waals surface area contributed by atoms with Crippen LogP contribution in [0.5, 0.6) is 11.5 Å². The molecule has 0 radical (unpaired) electrons. The summed E-state index contributed by atoms with van der Waals surface area (Å²) in [5.41, 5.74) is 3.77. The number of aromatic nitrogens is 2. The third kappa shape index (κ3) is 3.30. The van der Waals surface area contributed by atoms with Gasteiger partial charge in [0.05, 0.1) is 5.69 Å². The molecule has 0 saturated heterocycles. The fraction of sp³-hybridized carbons (Fsp3) is 0.200. The van der Waals surface area contributed by atoms with Crippen LogP contribution in [-0.4, -0.2) is 10.2 Å². The summed E-state index contributed by atoms with van der Waals surface area (Å²) in [5.74, 6) is 1.47. The summed E-state index contributed by atoms with van der Waals surface area (Å²) in [6.07, 6.45) is 3.90. The fourth-order valence-corrected chi connectivity index (χ4v) is 3.34. The number of benzene rings is 2. The van der Waals surface area contributed by atoms with Crippen LogP contribution in [0, 0.1) is 0 Å².